The van der Waals surface area contributed by atoms with Gasteiger partial charge in [-0.3, -0.25) is 4.79 Å². The Balaban J connectivity index is 1.92. The summed E-state index contributed by atoms with van der Waals surface area (Å²) in [5.74, 6) is 1.22. The van der Waals surface area contributed by atoms with E-state index in [2.05, 4.69) is 17.2 Å². The lowest BCUT2D eigenvalue weighted by Gasteiger charge is -2.12. The Hall–Kier alpha value is -2.95. The van der Waals surface area contributed by atoms with Crippen molar-refractivity contribution in [2.24, 2.45) is 0 Å². The van der Waals surface area contributed by atoms with Gasteiger partial charge in [-0.25, -0.2) is 0 Å². The highest BCUT2D eigenvalue weighted by atomic mass is 16.5. The summed E-state index contributed by atoms with van der Waals surface area (Å²) in [7, 11) is 0. The lowest BCUT2D eigenvalue weighted by molar-refractivity contribution is -0.114. The fraction of sp³-hybridized carbons (Fsp3) is 0.211. The van der Waals surface area contributed by atoms with Crippen molar-refractivity contribution in [3.8, 4) is 11.5 Å². The van der Waals surface area contributed by atoms with Crippen molar-refractivity contribution in [3.05, 3.63) is 61.2 Å². The van der Waals surface area contributed by atoms with Crippen molar-refractivity contribution >= 4 is 17.3 Å². The number of hydrogen-bond acceptors (Lipinski definition) is 4. The van der Waals surface area contributed by atoms with Crippen LogP contribution < -0.4 is 20.1 Å². The second kappa shape index (κ2) is 9.25. The van der Waals surface area contributed by atoms with Crippen LogP contribution in [0.5, 0.6) is 11.5 Å². The SMILES string of the molecule is C=CCOc1ccccc1NC(=O)CNc1cccc(OCC)c1. The van der Waals surface area contributed by atoms with E-state index in [-0.39, 0.29) is 12.5 Å². The summed E-state index contributed by atoms with van der Waals surface area (Å²) in [6.07, 6.45) is 1.66. The van der Waals surface area contributed by atoms with Crippen LogP contribution in [0.15, 0.2) is 61.2 Å². The van der Waals surface area contributed by atoms with Gasteiger partial charge in [0.2, 0.25) is 5.91 Å². The summed E-state index contributed by atoms with van der Waals surface area (Å²) in [4.78, 5) is 12.1. The largest absolute Gasteiger partial charge is 0.494 e. The lowest BCUT2D eigenvalue weighted by atomic mass is 10.3. The molecule has 0 aliphatic rings. The van der Waals surface area contributed by atoms with Crippen LogP contribution >= 0.6 is 0 Å². The maximum Gasteiger partial charge on any atom is 0.243 e. The van der Waals surface area contributed by atoms with Gasteiger partial charge in [0.05, 0.1) is 18.8 Å². The van der Waals surface area contributed by atoms with Crippen molar-refractivity contribution in [3.63, 3.8) is 0 Å². The predicted molar refractivity (Wildman–Crippen MR) is 96.9 cm³/mol. The van der Waals surface area contributed by atoms with Crippen LogP contribution in [-0.2, 0) is 4.79 Å². The predicted octanol–water partition coefficient (Wildman–Crippen LogP) is 3.70. The number of nitrogens with one attached hydrogen (secondary N) is 2. The molecule has 2 N–H and O–H groups in total. The maximum absolute atomic E-state index is 12.1. The third kappa shape index (κ3) is 5.35. The molecule has 2 aromatic carbocycles. The molecule has 0 fully saturated rings. The van der Waals surface area contributed by atoms with Crippen molar-refractivity contribution in [1.29, 1.82) is 0 Å². The van der Waals surface area contributed by atoms with Crippen LogP contribution in [-0.4, -0.2) is 25.7 Å². The quantitative estimate of drug-likeness (QED) is 0.690. The van der Waals surface area contributed by atoms with Gasteiger partial charge < -0.3 is 20.1 Å². The number of anilines is 2. The molecule has 2 rings (SSSR count). The Morgan fingerprint density at radius 1 is 1.17 bits per heavy atom. The molecule has 5 heteroatoms. The minimum Gasteiger partial charge on any atom is -0.494 e. The second-order valence-electron chi connectivity index (χ2n) is 4.96. The average Bonchev–Trinajstić information content (AvgIpc) is 2.60. The van der Waals surface area contributed by atoms with E-state index in [1.807, 2.05) is 43.3 Å². The molecular formula is C19H22N2O3. The Morgan fingerprint density at radius 2 is 2.00 bits per heavy atom. The normalized spacial score (nSPS) is 9.88. The first-order chi connectivity index (χ1) is 11.7. The molecule has 0 aliphatic heterocycles. The molecule has 0 aliphatic carbocycles. The summed E-state index contributed by atoms with van der Waals surface area (Å²) in [5.41, 5.74) is 1.46. The summed E-state index contributed by atoms with van der Waals surface area (Å²) >= 11 is 0. The molecule has 0 aromatic heterocycles. The molecule has 126 valence electrons. The third-order valence-corrected chi connectivity index (χ3v) is 3.12. The van der Waals surface area contributed by atoms with E-state index in [1.54, 1.807) is 18.2 Å². The van der Waals surface area contributed by atoms with E-state index in [9.17, 15) is 4.79 Å². The molecule has 1 amide bonds. The van der Waals surface area contributed by atoms with E-state index in [1.165, 1.54) is 0 Å². The molecule has 24 heavy (non-hydrogen) atoms. The second-order valence-corrected chi connectivity index (χ2v) is 4.96. The zero-order chi connectivity index (χ0) is 17.2. The highest BCUT2D eigenvalue weighted by molar-refractivity contribution is 5.95. The Kier molecular flexibility index (Phi) is 6.71. The molecule has 0 saturated carbocycles. The highest BCUT2D eigenvalue weighted by Gasteiger charge is 2.07. The molecule has 0 bridgehead atoms. The molecule has 0 radical (unpaired) electrons. The van der Waals surface area contributed by atoms with Gasteiger partial charge >= 0.3 is 0 Å². The smallest absolute Gasteiger partial charge is 0.243 e. The molecule has 5 nitrogen and oxygen atoms in total. The van der Waals surface area contributed by atoms with Crippen LogP contribution in [0.3, 0.4) is 0 Å². The fourth-order valence-corrected chi connectivity index (χ4v) is 2.08. The zero-order valence-corrected chi connectivity index (χ0v) is 13.7. The first-order valence-corrected chi connectivity index (χ1v) is 7.82. The number of hydrogen-bond donors (Lipinski definition) is 2. The minimum absolute atomic E-state index is 0.144. The summed E-state index contributed by atoms with van der Waals surface area (Å²) in [5, 5.41) is 5.91. The first-order valence-electron chi connectivity index (χ1n) is 7.82. The lowest BCUT2D eigenvalue weighted by Crippen LogP contribution is -2.22. The minimum atomic E-state index is -0.161. The van der Waals surface area contributed by atoms with E-state index in [0.717, 1.165) is 11.4 Å². The van der Waals surface area contributed by atoms with E-state index in [4.69, 9.17) is 9.47 Å². The molecule has 0 unspecified atom stereocenters. The third-order valence-electron chi connectivity index (χ3n) is 3.12. The van der Waals surface area contributed by atoms with Crippen molar-refractivity contribution in [2.45, 2.75) is 6.92 Å². The van der Waals surface area contributed by atoms with Crippen LogP contribution in [0.25, 0.3) is 0 Å². The summed E-state index contributed by atoms with van der Waals surface area (Å²) < 4.78 is 11.0. The topological polar surface area (TPSA) is 59.6 Å². The summed E-state index contributed by atoms with van der Waals surface area (Å²) in [6, 6.07) is 14.8. The fourth-order valence-electron chi connectivity index (χ4n) is 2.08. The number of carbonyl (C=O) groups is 1. The number of ether oxygens (including phenoxy) is 2. The monoisotopic (exact) mass is 326 g/mol. The molecular weight excluding hydrogens is 304 g/mol. The van der Waals surface area contributed by atoms with E-state index in [0.29, 0.717) is 24.7 Å². The summed E-state index contributed by atoms with van der Waals surface area (Å²) in [6.45, 7) is 6.68. The van der Waals surface area contributed by atoms with Crippen molar-refractivity contribution in [2.75, 3.05) is 30.4 Å². The van der Waals surface area contributed by atoms with Gasteiger partial charge in [0.1, 0.15) is 18.1 Å². The molecule has 0 heterocycles. The van der Waals surface area contributed by atoms with Gasteiger partial charge in [-0.05, 0) is 31.2 Å². The van der Waals surface area contributed by atoms with Gasteiger partial charge in [-0.15, -0.1) is 0 Å². The van der Waals surface area contributed by atoms with Gasteiger partial charge in [0.15, 0.2) is 0 Å². The number of carbonyl (C=O) groups excluding carboxylic acids is 1. The van der Waals surface area contributed by atoms with E-state index < -0.39 is 0 Å². The van der Waals surface area contributed by atoms with Gasteiger partial charge in [-0.2, -0.15) is 0 Å². The Morgan fingerprint density at radius 3 is 2.79 bits per heavy atom. The zero-order valence-electron chi connectivity index (χ0n) is 13.7. The van der Waals surface area contributed by atoms with Crippen LogP contribution in [0.1, 0.15) is 6.92 Å². The Labute approximate surface area is 142 Å². The van der Waals surface area contributed by atoms with Gasteiger partial charge in [-0.1, -0.05) is 30.9 Å². The Bertz CT molecular complexity index is 686. The highest BCUT2D eigenvalue weighted by Crippen LogP contribution is 2.23. The average molecular weight is 326 g/mol. The van der Waals surface area contributed by atoms with Crippen molar-refractivity contribution < 1.29 is 14.3 Å². The number of rotatable bonds is 9. The van der Waals surface area contributed by atoms with Crippen LogP contribution in [0.4, 0.5) is 11.4 Å². The number of benzene rings is 2. The van der Waals surface area contributed by atoms with Gasteiger partial charge in [0.25, 0.3) is 0 Å². The molecule has 2 aromatic rings. The van der Waals surface area contributed by atoms with E-state index >= 15 is 0 Å². The standard InChI is InChI=1S/C19H22N2O3/c1-3-12-24-18-11-6-5-10-17(18)21-19(22)14-20-15-8-7-9-16(13-15)23-4-2/h3,5-11,13,20H,1,4,12,14H2,2H3,(H,21,22). The van der Waals surface area contributed by atoms with Crippen molar-refractivity contribution in [1.82, 2.24) is 0 Å². The number of para-hydroxylation sites is 2. The van der Waals surface area contributed by atoms with Crippen LogP contribution in [0, 0.1) is 0 Å². The molecule has 0 saturated heterocycles. The maximum atomic E-state index is 12.1. The van der Waals surface area contributed by atoms with Gasteiger partial charge in [0, 0.05) is 11.8 Å². The molecule has 0 atom stereocenters. The molecule has 0 spiro atoms. The first kappa shape index (κ1) is 17.4. The number of amides is 1. The van der Waals surface area contributed by atoms with Crippen LogP contribution in [0.2, 0.25) is 0 Å².